The Balaban J connectivity index is 0.00000363. The molecule has 0 radical (unpaired) electrons. The van der Waals surface area contributed by atoms with E-state index in [9.17, 15) is 0 Å². The minimum absolute atomic E-state index is 0. The van der Waals surface area contributed by atoms with Gasteiger partial charge >= 0.3 is 0 Å². The summed E-state index contributed by atoms with van der Waals surface area (Å²) in [5.74, 6) is 2.92. The van der Waals surface area contributed by atoms with E-state index in [1.165, 1.54) is 0 Å². The number of anilines is 1. The van der Waals surface area contributed by atoms with Crippen molar-refractivity contribution in [3.63, 3.8) is 0 Å². The Kier molecular flexibility index (Phi) is 11.7. The van der Waals surface area contributed by atoms with Crippen LogP contribution in [0.15, 0.2) is 34.0 Å². The van der Waals surface area contributed by atoms with Crippen LogP contribution in [0.5, 0.6) is 0 Å². The summed E-state index contributed by atoms with van der Waals surface area (Å²) in [5, 5.41) is 10.9. The standard InChI is InChI=1S/C22H36N8O.HI/c1-4-18(5-2)20-16-19(31-28-20)17-27-21(23-3)24-10-7-11-29-12-14-30(15-13-29)22-25-8-6-9-26-22;/h6,8-9,16,18H,4-5,7,10-15,17H2,1-3H3,(H2,23,24,27);1H. The molecular formula is C22H37IN8O. The molecule has 0 unspecified atom stereocenters. The lowest BCUT2D eigenvalue weighted by Crippen LogP contribution is -2.47. The van der Waals surface area contributed by atoms with Gasteiger partial charge < -0.3 is 20.1 Å². The number of piperazine rings is 1. The Hall–Kier alpha value is -1.95. The Bertz CT molecular complexity index is 788. The zero-order valence-electron chi connectivity index (χ0n) is 19.5. The first-order valence-corrected chi connectivity index (χ1v) is 11.4. The molecule has 0 saturated carbocycles. The number of nitrogens with zero attached hydrogens (tertiary/aromatic N) is 6. The minimum atomic E-state index is 0. The highest BCUT2D eigenvalue weighted by Gasteiger charge is 2.18. The molecular weight excluding hydrogens is 519 g/mol. The maximum absolute atomic E-state index is 5.47. The van der Waals surface area contributed by atoms with Gasteiger partial charge in [0.1, 0.15) is 0 Å². The van der Waals surface area contributed by atoms with Crippen LogP contribution in [-0.2, 0) is 6.54 Å². The zero-order valence-corrected chi connectivity index (χ0v) is 21.8. The first-order valence-electron chi connectivity index (χ1n) is 11.4. The molecule has 2 aromatic rings. The second-order valence-electron chi connectivity index (χ2n) is 7.82. The molecule has 0 atom stereocenters. The van der Waals surface area contributed by atoms with Crippen molar-refractivity contribution in [1.82, 2.24) is 30.7 Å². The minimum Gasteiger partial charge on any atom is -0.359 e. The molecule has 1 saturated heterocycles. The lowest BCUT2D eigenvalue weighted by Gasteiger charge is -2.34. The number of halogens is 1. The maximum atomic E-state index is 5.47. The summed E-state index contributed by atoms with van der Waals surface area (Å²) in [6.45, 7) is 10.9. The van der Waals surface area contributed by atoms with E-state index in [2.05, 4.69) is 60.5 Å². The summed E-state index contributed by atoms with van der Waals surface area (Å²) in [7, 11) is 1.79. The molecule has 0 spiro atoms. The maximum Gasteiger partial charge on any atom is 0.225 e. The highest BCUT2D eigenvalue weighted by Crippen LogP contribution is 2.22. The Morgan fingerprint density at radius 1 is 1.12 bits per heavy atom. The fourth-order valence-electron chi connectivity index (χ4n) is 3.84. The van der Waals surface area contributed by atoms with Crippen molar-refractivity contribution >= 4 is 35.9 Å². The molecule has 1 fully saturated rings. The van der Waals surface area contributed by atoms with Gasteiger partial charge in [0.05, 0.1) is 12.2 Å². The molecule has 178 valence electrons. The predicted octanol–water partition coefficient (Wildman–Crippen LogP) is 2.86. The normalized spacial score (nSPS) is 15.0. The Labute approximate surface area is 208 Å². The summed E-state index contributed by atoms with van der Waals surface area (Å²) in [6, 6.07) is 3.91. The van der Waals surface area contributed by atoms with Gasteiger partial charge in [-0.15, -0.1) is 24.0 Å². The highest BCUT2D eigenvalue weighted by atomic mass is 127. The smallest absolute Gasteiger partial charge is 0.225 e. The first-order chi connectivity index (χ1) is 15.2. The number of aromatic nitrogens is 3. The van der Waals surface area contributed by atoms with Crippen LogP contribution in [0.4, 0.5) is 5.95 Å². The van der Waals surface area contributed by atoms with E-state index in [4.69, 9.17) is 4.52 Å². The Morgan fingerprint density at radius 2 is 1.84 bits per heavy atom. The number of nitrogens with one attached hydrogen (secondary N) is 2. The molecule has 10 heteroatoms. The van der Waals surface area contributed by atoms with Gasteiger partial charge in [-0.2, -0.15) is 0 Å². The molecule has 9 nitrogen and oxygen atoms in total. The van der Waals surface area contributed by atoms with Crippen molar-refractivity contribution in [2.24, 2.45) is 4.99 Å². The largest absolute Gasteiger partial charge is 0.359 e. The molecule has 0 aromatic carbocycles. The van der Waals surface area contributed by atoms with Gasteiger partial charge in [0.15, 0.2) is 11.7 Å². The second-order valence-corrected chi connectivity index (χ2v) is 7.82. The van der Waals surface area contributed by atoms with E-state index in [-0.39, 0.29) is 24.0 Å². The van der Waals surface area contributed by atoms with Crippen LogP contribution in [0, 0.1) is 0 Å². The lowest BCUT2D eigenvalue weighted by molar-refractivity contribution is 0.254. The molecule has 3 heterocycles. The van der Waals surface area contributed by atoms with Gasteiger partial charge in [-0.3, -0.25) is 9.89 Å². The van der Waals surface area contributed by atoms with Crippen molar-refractivity contribution in [2.75, 3.05) is 51.2 Å². The third kappa shape index (κ3) is 7.88. The van der Waals surface area contributed by atoms with E-state index in [0.717, 1.165) is 81.9 Å². The van der Waals surface area contributed by atoms with Gasteiger partial charge in [0.2, 0.25) is 5.95 Å². The van der Waals surface area contributed by atoms with Crippen molar-refractivity contribution in [3.8, 4) is 0 Å². The van der Waals surface area contributed by atoms with Crippen LogP contribution < -0.4 is 15.5 Å². The molecule has 0 bridgehead atoms. The molecule has 3 rings (SSSR count). The van der Waals surface area contributed by atoms with Crippen LogP contribution in [0.3, 0.4) is 0 Å². The molecule has 0 aliphatic carbocycles. The third-order valence-corrected chi connectivity index (χ3v) is 5.79. The monoisotopic (exact) mass is 556 g/mol. The van der Waals surface area contributed by atoms with E-state index in [0.29, 0.717) is 12.5 Å². The highest BCUT2D eigenvalue weighted by molar-refractivity contribution is 14.0. The fourth-order valence-corrected chi connectivity index (χ4v) is 3.84. The number of hydrogen-bond donors (Lipinski definition) is 2. The molecule has 0 amide bonds. The Morgan fingerprint density at radius 3 is 2.50 bits per heavy atom. The van der Waals surface area contributed by atoms with Crippen LogP contribution in [-0.4, -0.2) is 72.3 Å². The molecule has 2 aromatic heterocycles. The number of aliphatic imine (C=N–C) groups is 1. The van der Waals surface area contributed by atoms with Crippen molar-refractivity contribution in [1.29, 1.82) is 0 Å². The summed E-state index contributed by atoms with van der Waals surface area (Å²) in [6.07, 6.45) is 6.82. The summed E-state index contributed by atoms with van der Waals surface area (Å²) in [5.41, 5.74) is 1.05. The third-order valence-electron chi connectivity index (χ3n) is 5.79. The summed E-state index contributed by atoms with van der Waals surface area (Å²) >= 11 is 0. The fraction of sp³-hybridized carbons (Fsp3) is 0.636. The first kappa shape index (κ1) is 26.3. The number of guanidine groups is 1. The van der Waals surface area contributed by atoms with Gasteiger partial charge in [0.25, 0.3) is 0 Å². The van der Waals surface area contributed by atoms with E-state index >= 15 is 0 Å². The van der Waals surface area contributed by atoms with Crippen LogP contribution in [0.1, 0.15) is 50.5 Å². The second kappa shape index (κ2) is 14.2. The van der Waals surface area contributed by atoms with Crippen LogP contribution in [0.25, 0.3) is 0 Å². The topological polar surface area (TPSA) is 94.7 Å². The van der Waals surface area contributed by atoms with Crippen LogP contribution >= 0.6 is 24.0 Å². The molecule has 32 heavy (non-hydrogen) atoms. The van der Waals surface area contributed by atoms with Gasteiger partial charge in [-0.25, -0.2) is 9.97 Å². The van der Waals surface area contributed by atoms with Crippen molar-refractivity contribution < 1.29 is 4.52 Å². The van der Waals surface area contributed by atoms with E-state index in [1.54, 1.807) is 19.4 Å². The molecule has 1 aliphatic rings. The van der Waals surface area contributed by atoms with Crippen molar-refractivity contribution in [3.05, 3.63) is 36.0 Å². The van der Waals surface area contributed by atoms with Gasteiger partial charge in [0, 0.05) is 64.1 Å². The summed E-state index contributed by atoms with van der Waals surface area (Å²) in [4.78, 5) is 17.7. The van der Waals surface area contributed by atoms with Gasteiger partial charge in [-0.05, 0) is 31.9 Å². The van der Waals surface area contributed by atoms with Gasteiger partial charge in [-0.1, -0.05) is 19.0 Å². The average Bonchev–Trinajstić information content (AvgIpc) is 3.29. The lowest BCUT2D eigenvalue weighted by atomic mass is 9.99. The predicted molar refractivity (Wildman–Crippen MR) is 139 cm³/mol. The number of rotatable bonds is 10. The van der Waals surface area contributed by atoms with Crippen molar-refractivity contribution in [2.45, 2.75) is 45.6 Å². The average molecular weight is 556 g/mol. The van der Waals surface area contributed by atoms with Crippen LogP contribution in [0.2, 0.25) is 0 Å². The molecule has 1 aliphatic heterocycles. The van der Waals surface area contributed by atoms with E-state index < -0.39 is 0 Å². The van der Waals surface area contributed by atoms with E-state index in [1.807, 2.05) is 6.07 Å². The number of hydrogen-bond acceptors (Lipinski definition) is 7. The summed E-state index contributed by atoms with van der Waals surface area (Å²) < 4.78 is 5.47. The SMILES string of the molecule is CCC(CC)c1cc(CNC(=NC)NCCCN2CCN(c3ncccn3)CC2)on1.I. The quantitative estimate of drug-likeness (QED) is 0.200. The zero-order chi connectivity index (χ0) is 21.9. The molecule has 2 N–H and O–H groups in total.